The van der Waals surface area contributed by atoms with Gasteiger partial charge in [0.15, 0.2) is 0 Å². The van der Waals surface area contributed by atoms with E-state index in [9.17, 15) is 0 Å². The molecule has 1 fully saturated rings. The largest absolute Gasteiger partial charge is 0.330 e. The second kappa shape index (κ2) is 3.59. The highest BCUT2D eigenvalue weighted by molar-refractivity contribution is 5.48. The molecule has 1 saturated carbocycles. The fraction of sp³-hybridized carbons (Fsp3) is 0.600. The summed E-state index contributed by atoms with van der Waals surface area (Å²) >= 11 is 0. The maximum absolute atomic E-state index is 5.97. The molecule has 0 bridgehead atoms. The van der Waals surface area contributed by atoms with E-state index in [1.807, 2.05) is 0 Å². The SMILES string of the molecule is Cc1ccc(C2(CN)CC2)c2c1CCCC2. The molecule has 0 aromatic heterocycles. The number of nitrogens with two attached hydrogens (primary N) is 1. The molecule has 2 N–H and O–H groups in total. The number of fused-ring (bicyclic) bond motifs is 1. The molecule has 2 aliphatic carbocycles. The minimum absolute atomic E-state index is 0.370. The number of hydrogen-bond acceptors (Lipinski definition) is 1. The summed E-state index contributed by atoms with van der Waals surface area (Å²) < 4.78 is 0. The Balaban J connectivity index is 2.12. The molecule has 3 rings (SSSR count). The second-order valence-corrected chi connectivity index (χ2v) is 5.58. The van der Waals surface area contributed by atoms with E-state index in [0.29, 0.717) is 5.41 Å². The van der Waals surface area contributed by atoms with E-state index in [1.165, 1.54) is 44.1 Å². The number of benzene rings is 1. The zero-order chi connectivity index (χ0) is 11.2. The quantitative estimate of drug-likeness (QED) is 0.806. The topological polar surface area (TPSA) is 26.0 Å². The number of rotatable bonds is 2. The number of aryl methyl sites for hydroxylation is 1. The summed E-state index contributed by atoms with van der Waals surface area (Å²) in [6, 6.07) is 4.68. The van der Waals surface area contributed by atoms with E-state index in [1.54, 1.807) is 16.7 Å². The fourth-order valence-electron chi connectivity index (χ4n) is 3.28. The Hall–Kier alpha value is -0.820. The summed E-state index contributed by atoms with van der Waals surface area (Å²) in [5.41, 5.74) is 12.7. The molecule has 1 aromatic carbocycles. The summed E-state index contributed by atoms with van der Waals surface area (Å²) in [6.45, 7) is 3.10. The van der Waals surface area contributed by atoms with Gasteiger partial charge in [-0.3, -0.25) is 0 Å². The summed E-state index contributed by atoms with van der Waals surface area (Å²) in [7, 11) is 0. The van der Waals surface area contributed by atoms with Crippen LogP contribution in [0.1, 0.15) is 47.9 Å². The molecule has 0 heterocycles. The van der Waals surface area contributed by atoms with Gasteiger partial charge in [0, 0.05) is 12.0 Å². The van der Waals surface area contributed by atoms with Crippen LogP contribution in [0.15, 0.2) is 12.1 Å². The highest BCUT2D eigenvalue weighted by Crippen LogP contribution is 2.50. The first-order chi connectivity index (χ1) is 7.77. The molecule has 16 heavy (non-hydrogen) atoms. The first-order valence-corrected chi connectivity index (χ1v) is 6.59. The molecule has 0 radical (unpaired) electrons. The average molecular weight is 215 g/mol. The van der Waals surface area contributed by atoms with Crippen LogP contribution in [0.4, 0.5) is 0 Å². The van der Waals surface area contributed by atoms with Crippen LogP contribution in [0, 0.1) is 6.92 Å². The minimum Gasteiger partial charge on any atom is -0.330 e. The Bertz CT molecular complexity index is 416. The van der Waals surface area contributed by atoms with Crippen LogP contribution in [-0.2, 0) is 18.3 Å². The van der Waals surface area contributed by atoms with Gasteiger partial charge in [0.05, 0.1) is 0 Å². The monoisotopic (exact) mass is 215 g/mol. The summed E-state index contributed by atoms with van der Waals surface area (Å²) in [6.07, 6.45) is 7.92. The van der Waals surface area contributed by atoms with Crippen molar-refractivity contribution in [3.8, 4) is 0 Å². The van der Waals surface area contributed by atoms with Gasteiger partial charge in [0.1, 0.15) is 0 Å². The Kier molecular flexibility index (Phi) is 2.32. The Morgan fingerprint density at radius 1 is 1.12 bits per heavy atom. The minimum atomic E-state index is 0.370. The van der Waals surface area contributed by atoms with Gasteiger partial charge in [0.2, 0.25) is 0 Å². The molecular weight excluding hydrogens is 194 g/mol. The van der Waals surface area contributed by atoms with Crippen molar-refractivity contribution >= 4 is 0 Å². The molecule has 1 aromatic rings. The van der Waals surface area contributed by atoms with Gasteiger partial charge in [-0.15, -0.1) is 0 Å². The first-order valence-electron chi connectivity index (χ1n) is 6.59. The molecule has 0 atom stereocenters. The molecule has 0 amide bonds. The van der Waals surface area contributed by atoms with Crippen LogP contribution in [-0.4, -0.2) is 6.54 Å². The van der Waals surface area contributed by atoms with Gasteiger partial charge in [-0.25, -0.2) is 0 Å². The van der Waals surface area contributed by atoms with Crippen LogP contribution >= 0.6 is 0 Å². The average Bonchev–Trinajstić information content (AvgIpc) is 3.11. The van der Waals surface area contributed by atoms with E-state index < -0.39 is 0 Å². The standard InChI is InChI=1S/C15H21N/c1-11-6-7-14(15(10-16)8-9-15)13-5-3-2-4-12(11)13/h6-7H,2-5,8-10,16H2,1H3. The van der Waals surface area contributed by atoms with Gasteiger partial charge >= 0.3 is 0 Å². The molecule has 0 saturated heterocycles. The third-order valence-electron chi connectivity index (χ3n) is 4.58. The van der Waals surface area contributed by atoms with Crippen molar-refractivity contribution in [1.29, 1.82) is 0 Å². The van der Waals surface area contributed by atoms with Crippen molar-refractivity contribution < 1.29 is 0 Å². The van der Waals surface area contributed by atoms with Crippen molar-refractivity contribution in [3.05, 3.63) is 34.4 Å². The normalized spacial score (nSPS) is 21.6. The molecule has 2 aliphatic rings. The lowest BCUT2D eigenvalue weighted by molar-refractivity contribution is 0.640. The van der Waals surface area contributed by atoms with Gasteiger partial charge in [-0.1, -0.05) is 12.1 Å². The zero-order valence-electron chi connectivity index (χ0n) is 10.2. The van der Waals surface area contributed by atoms with Crippen LogP contribution < -0.4 is 5.73 Å². The van der Waals surface area contributed by atoms with E-state index in [4.69, 9.17) is 5.73 Å². The zero-order valence-corrected chi connectivity index (χ0v) is 10.2. The lowest BCUT2D eigenvalue weighted by Crippen LogP contribution is -2.23. The smallest absolute Gasteiger partial charge is 0.00790 e. The third kappa shape index (κ3) is 1.41. The van der Waals surface area contributed by atoms with Crippen LogP contribution in [0.5, 0.6) is 0 Å². The lowest BCUT2D eigenvalue weighted by atomic mass is 9.80. The molecular formula is C15H21N. The Morgan fingerprint density at radius 3 is 2.44 bits per heavy atom. The molecule has 0 aliphatic heterocycles. The van der Waals surface area contributed by atoms with Crippen molar-refractivity contribution in [3.63, 3.8) is 0 Å². The predicted molar refractivity (Wildman–Crippen MR) is 67.8 cm³/mol. The molecule has 0 unspecified atom stereocenters. The summed E-state index contributed by atoms with van der Waals surface area (Å²) in [4.78, 5) is 0. The molecule has 86 valence electrons. The Labute approximate surface area is 98.0 Å². The third-order valence-corrected chi connectivity index (χ3v) is 4.58. The molecule has 0 spiro atoms. The number of hydrogen-bond donors (Lipinski definition) is 1. The van der Waals surface area contributed by atoms with E-state index in [2.05, 4.69) is 19.1 Å². The highest BCUT2D eigenvalue weighted by Gasteiger charge is 2.44. The van der Waals surface area contributed by atoms with Crippen molar-refractivity contribution in [1.82, 2.24) is 0 Å². The van der Waals surface area contributed by atoms with E-state index in [0.717, 1.165) is 6.54 Å². The lowest BCUT2D eigenvalue weighted by Gasteiger charge is -2.25. The molecule has 1 nitrogen and oxygen atoms in total. The van der Waals surface area contributed by atoms with Gasteiger partial charge < -0.3 is 5.73 Å². The summed E-state index contributed by atoms with van der Waals surface area (Å²) in [5, 5.41) is 0. The Morgan fingerprint density at radius 2 is 1.81 bits per heavy atom. The van der Waals surface area contributed by atoms with Gasteiger partial charge in [0.25, 0.3) is 0 Å². The van der Waals surface area contributed by atoms with Crippen molar-refractivity contribution in [2.75, 3.05) is 6.54 Å². The second-order valence-electron chi connectivity index (χ2n) is 5.58. The maximum atomic E-state index is 5.97. The van der Waals surface area contributed by atoms with Crippen molar-refractivity contribution in [2.45, 2.75) is 50.9 Å². The predicted octanol–water partition coefficient (Wildman–Crippen LogP) is 2.86. The van der Waals surface area contributed by atoms with Crippen LogP contribution in [0.2, 0.25) is 0 Å². The van der Waals surface area contributed by atoms with Crippen LogP contribution in [0.25, 0.3) is 0 Å². The first kappa shape index (κ1) is 10.3. The van der Waals surface area contributed by atoms with E-state index >= 15 is 0 Å². The maximum Gasteiger partial charge on any atom is 0.00790 e. The van der Waals surface area contributed by atoms with Gasteiger partial charge in [-0.05, 0) is 67.7 Å². The highest BCUT2D eigenvalue weighted by atomic mass is 14.7. The summed E-state index contributed by atoms with van der Waals surface area (Å²) in [5.74, 6) is 0. The van der Waals surface area contributed by atoms with Crippen molar-refractivity contribution in [2.24, 2.45) is 5.73 Å². The fourth-order valence-corrected chi connectivity index (χ4v) is 3.28. The van der Waals surface area contributed by atoms with Crippen LogP contribution in [0.3, 0.4) is 0 Å². The van der Waals surface area contributed by atoms with Gasteiger partial charge in [-0.2, -0.15) is 0 Å². The molecule has 1 heteroatoms. The van der Waals surface area contributed by atoms with E-state index in [-0.39, 0.29) is 0 Å².